The van der Waals surface area contributed by atoms with Gasteiger partial charge in [-0.1, -0.05) is 0 Å². The van der Waals surface area contributed by atoms with Crippen molar-refractivity contribution in [3.05, 3.63) is 40.8 Å². The highest BCUT2D eigenvalue weighted by atomic mass is 32.1. The van der Waals surface area contributed by atoms with Crippen LogP contribution in [0.15, 0.2) is 28.3 Å². The highest BCUT2D eigenvalue weighted by molar-refractivity contribution is 7.03. The lowest BCUT2D eigenvalue weighted by Gasteiger charge is -2.21. The molecule has 2 aromatic heterocycles. The van der Waals surface area contributed by atoms with Gasteiger partial charge in [-0.3, -0.25) is 0 Å². The summed E-state index contributed by atoms with van der Waals surface area (Å²) in [5.41, 5.74) is 2.52. The lowest BCUT2D eigenvalue weighted by atomic mass is 9.99. The maximum Gasteiger partial charge on any atom is 0.128 e. The molecule has 0 fully saturated rings. The maximum absolute atomic E-state index is 5.51. The topological polar surface area (TPSA) is 38.1 Å². The van der Waals surface area contributed by atoms with Crippen molar-refractivity contribution in [2.45, 2.75) is 12.5 Å². The molecule has 1 atom stereocenters. The van der Waals surface area contributed by atoms with Gasteiger partial charge in [-0.25, -0.2) is 4.37 Å². The van der Waals surface area contributed by atoms with Crippen LogP contribution in [-0.4, -0.2) is 10.9 Å². The second-order valence-corrected chi connectivity index (χ2v) is 4.06. The summed E-state index contributed by atoms with van der Waals surface area (Å²) < 4.78 is 9.62. The number of fused-ring (bicyclic) bond motifs is 1. The second kappa shape index (κ2) is 3.22. The molecule has 2 aromatic rings. The number of rotatable bonds is 1. The van der Waals surface area contributed by atoms with Gasteiger partial charge in [0.2, 0.25) is 0 Å². The molecule has 0 radical (unpaired) electrons. The average molecular weight is 206 g/mol. The molecule has 0 spiro atoms. The Morgan fingerprint density at radius 3 is 3.43 bits per heavy atom. The summed E-state index contributed by atoms with van der Waals surface area (Å²) in [7, 11) is 0. The highest BCUT2D eigenvalue weighted by Gasteiger charge is 2.24. The summed E-state index contributed by atoms with van der Waals surface area (Å²) in [5, 5.41) is 5.50. The summed E-state index contributed by atoms with van der Waals surface area (Å²) in [6.07, 6.45) is 4.73. The minimum absolute atomic E-state index is 0.201. The normalized spacial score (nSPS) is 20.7. The van der Waals surface area contributed by atoms with Crippen LogP contribution in [0.4, 0.5) is 0 Å². The van der Waals surface area contributed by atoms with E-state index in [0.29, 0.717) is 0 Å². The highest BCUT2D eigenvalue weighted by Crippen LogP contribution is 2.29. The van der Waals surface area contributed by atoms with Crippen LogP contribution in [0.2, 0.25) is 0 Å². The van der Waals surface area contributed by atoms with E-state index < -0.39 is 0 Å². The van der Waals surface area contributed by atoms with Crippen LogP contribution in [0.5, 0.6) is 0 Å². The van der Waals surface area contributed by atoms with E-state index in [0.717, 1.165) is 18.7 Å². The predicted octanol–water partition coefficient (Wildman–Crippen LogP) is 1.97. The van der Waals surface area contributed by atoms with Gasteiger partial charge in [-0.15, -0.1) is 0 Å². The SMILES string of the molecule is c1cc2c(o1)C(c1cnsc1)NCC2. The third-order valence-electron chi connectivity index (χ3n) is 2.57. The smallest absolute Gasteiger partial charge is 0.128 e. The van der Waals surface area contributed by atoms with Crippen molar-refractivity contribution in [1.29, 1.82) is 0 Å². The van der Waals surface area contributed by atoms with Gasteiger partial charge >= 0.3 is 0 Å². The van der Waals surface area contributed by atoms with Crippen LogP contribution in [0.25, 0.3) is 0 Å². The van der Waals surface area contributed by atoms with Crippen LogP contribution in [0, 0.1) is 0 Å². The van der Waals surface area contributed by atoms with E-state index in [1.165, 1.54) is 22.7 Å². The molecular weight excluding hydrogens is 196 g/mol. The van der Waals surface area contributed by atoms with Gasteiger partial charge in [-0.05, 0) is 29.6 Å². The van der Waals surface area contributed by atoms with Crippen molar-refractivity contribution >= 4 is 11.5 Å². The predicted molar refractivity (Wildman–Crippen MR) is 54.4 cm³/mol. The molecule has 0 aromatic carbocycles. The van der Waals surface area contributed by atoms with Crippen molar-refractivity contribution in [2.75, 3.05) is 6.54 Å². The fourth-order valence-corrected chi connectivity index (χ4v) is 2.44. The minimum atomic E-state index is 0.201. The Hall–Kier alpha value is -1.13. The number of nitrogens with one attached hydrogen (secondary N) is 1. The average Bonchev–Trinajstić information content (AvgIpc) is 2.88. The quantitative estimate of drug-likeness (QED) is 0.775. The molecule has 14 heavy (non-hydrogen) atoms. The Balaban J connectivity index is 2.04. The van der Waals surface area contributed by atoms with Crippen LogP contribution in [0.1, 0.15) is 22.9 Å². The molecule has 3 heterocycles. The Labute approximate surface area is 85.9 Å². The fraction of sp³-hybridized carbons (Fsp3) is 0.300. The third kappa shape index (κ3) is 1.19. The van der Waals surface area contributed by atoms with Crippen LogP contribution in [-0.2, 0) is 6.42 Å². The van der Waals surface area contributed by atoms with E-state index in [2.05, 4.69) is 21.1 Å². The molecule has 1 aliphatic rings. The first-order valence-corrected chi connectivity index (χ1v) is 5.48. The van der Waals surface area contributed by atoms with Crippen LogP contribution >= 0.6 is 11.5 Å². The first-order valence-electron chi connectivity index (χ1n) is 4.64. The molecular formula is C10H10N2OS. The molecule has 0 amide bonds. The maximum atomic E-state index is 5.51. The molecule has 1 aliphatic heterocycles. The fourth-order valence-electron chi connectivity index (χ4n) is 1.88. The summed E-state index contributed by atoms with van der Waals surface area (Å²) in [6, 6.07) is 2.26. The van der Waals surface area contributed by atoms with Gasteiger partial charge in [0.1, 0.15) is 5.76 Å². The van der Waals surface area contributed by atoms with E-state index in [1.54, 1.807) is 6.26 Å². The van der Waals surface area contributed by atoms with Crippen LogP contribution < -0.4 is 5.32 Å². The number of furan rings is 1. The van der Waals surface area contributed by atoms with E-state index >= 15 is 0 Å². The molecule has 3 nitrogen and oxygen atoms in total. The number of hydrogen-bond acceptors (Lipinski definition) is 4. The van der Waals surface area contributed by atoms with Crippen LogP contribution in [0.3, 0.4) is 0 Å². The van der Waals surface area contributed by atoms with Crippen molar-refractivity contribution < 1.29 is 4.42 Å². The van der Waals surface area contributed by atoms with Gasteiger partial charge in [0.05, 0.1) is 12.3 Å². The summed E-state index contributed by atoms with van der Waals surface area (Å²) in [5.74, 6) is 1.05. The lowest BCUT2D eigenvalue weighted by molar-refractivity contribution is 0.425. The van der Waals surface area contributed by atoms with Crippen molar-refractivity contribution in [3.63, 3.8) is 0 Å². The van der Waals surface area contributed by atoms with E-state index in [9.17, 15) is 0 Å². The summed E-state index contributed by atoms with van der Waals surface area (Å²) in [4.78, 5) is 0. The molecule has 1 N–H and O–H groups in total. The largest absolute Gasteiger partial charge is 0.467 e. The van der Waals surface area contributed by atoms with Gasteiger partial charge in [0.15, 0.2) is 0 Å². The number of hydrogen-bond donors (Lipinski definition) is 1. The van der Waals surface area contributed by atoms with Crippen molar-refractivity contribution in [3.8, 4) is 0 Å². The Bertz CT molecular complexity index is 421. The molecule has 0 saturated carbocycles. The monoisotopic (exact) mass is 206 g/mol. The summed E-state index contributed by atoms with van der Waals surface area (Å²) >= 11 is 1.48. The Morgan fingerprint density at radius 1 is 1.57 bits per heavy atom. The Morgan fingerprint density at radius 2 is 2.57 bits per heavy atom. The van der Waals surface area contributed by atoms with Gasteiger partial charge < -0.3 is 9.73 Å². The van der Waals surface area contributed by atoms with Gasteiger partial charge in [0, 0.05) is 23.7 Å². The first kappa shape index (κ1) is 8.20. The van der Waals surface area contributed by atoms with E-state index in [-0.39, 0.29) is 6.04 Å². The minimum Gasteiger partial charge on any atom is -0.467 e. The van der Waals surface area contributed by atoms with E-state index in [1.807, 2.05) is 6.20 Å². The molecule has 0 aliphatic carbocycles. The Kier molecular flexibility index (Phi) is 1.89. The molecule has 72 valence electrons. The first-order chi connectivity index (χ1) is 6.95. The van der Waals surface area contributed by atoms with Crippen molar-refractivity contribution in [2.24, 2.45) is 0 Å². The van der Waals surface area contributed by atoms with Gasteiger partial charge in [-0.2, -0.15) is 0 Å². The number of aromatic nitrogens is 1. The lowest BCUT2D eigenvalue weighted by Crippen LogP contribution is -2.29. The van der Waals surface area contributed by atoms with Gasteiger partial charge in [0.25, 0.3) is 0 Å². The van der Waals surface area contributed by atoms with E-state index in [4.69, 9.17) is 4.42 Å². The summed E-state index contributed by atoms with van der Waals surface area (Å²) in [6.45, 7) is 1.01. The van der Waals surface area contributed by atoms with Crippen molar-refractivity contribution in [1.82, 2.24) is 9.69 Å². The molecule has 4 heteroatoms. The second-order valence-electron chi connectivity index (χ2n) is 3.40. The molecule has 0 saturated heterocycles. The zero-order chi connectivity index (χ0) is 9.38. The zero-order valence-electron chi connectivity index (χ0n) is 7.56. The number of nitrogens with zero attached hydrogens (tertiary/aromatic N) is 1. The standard InChI is InChI=1S/C10H10N2OS/c1-3-11-9(8-5-12-14-6-8)10-7(1)2-4-13-10/h2,4-6,9,11H,1,3H2. The zero-order valence-corrected chi connectivity index (χ0v) is 8.38. The molecule has 0 bridgehead atoms. The molecule has 3 rings (SSSR count). The third-order valence-corrected chi connectivity index (χ3v) is 3.18. The molecule has 1 unspecified atom stereocenters.